The van der Waals surface area contributed by atoms with Gasteiger partial charge in [-0.15, -0.1) is 11.3 Å². The molecule has 0 radical (unpaired) electrons. The molecular formula is C18H19N5OS. The van der Waals surface area contributed by atoms with Gasteiger partial charge in [-0.05, 0) is 12.6 Å². The summed E-state index contributed by atoms with van der Waals surface area (Å²) in [4.78, 5) is 20.2. The number of aromatic nitrogens is 1. The van der Waals surface area contributed by atoms with Crippen LogP contribution in [0.3, 0.4) is 0 Å². The third kappa shape index (κ3) is 4.44. The van der Waals surface area contributed by atoms with Crippen LogP contribution >= 0.6 is 11.3 Å². The van der Waals surface area contributed by atoms with Gasteiger partial charge >= 0.3 is 0 Å². The summed E-state index contributed by atoms with van der Waals surface area (Å²) in [5, 5.41) is 15.7. The van der Waals surface area contributed by atoms with E-state index in [1.807, 2.05) is 36.4 Å². The lowest BCUT2D eigenvalue weighted by Crippen LogP contribution is -2.25. The Morgan fingerprint density at radius 3 is 3.00 bits per heavy atom. The van der Waals surface area contributed by atoms with Gasteiger partial charge in [0.15, 0.2) is 5.13 Å². The van der Waals surface area contributed by atoms with Gasteiger partial charge in [-0.3, -0.25) is 4.79 Å². The van der Waals surface area contributed by atoms with Crippen molar-refractivity contribution in [2.24, 2.45) is 0 Å². The number of benzene rings is 1. The number of thiazole rings is 1. The van der Waals surface area contributed by atoms with E-state index < -0.39 is 5.91 Å². The number of hydrogen-bond acceptors (Lipinski definition) is 6. The van der Waals surface area contributed by atoms with Crippen molar-refractivity contribution in [1.82, 2.24) is 15.2 Å². The van der Waals surface area contributed by atoms with Crippen molar-refractivity contribution >= 4 is 22.4 Å². The molecular weight excluding hydrogens is 334 g/mol. The van der Waals surface area contributed by atoms with Crippen LogP contribution in [-0.2, 0) is 24.3 Å². The lowest BCUT2D eigenvalue weighted by Gasteiger charge is -2.20. The molecule has 1 aliphatic heterocycles. The van der Waals surface area contributed by atoms with Gasteiger partial charge in [0.2, 0.25) is 0 Å². The largest absolute Gasteiger partial charge is 0.347 e. The zero-order valence-corrected chi connectivity index (χ0v) is 14.8. The average Bonchev–Trinajstić information content (AvgIpc) is 3.03. The summed E-state index contributed by atoms with van der Waals surface area (Å²) in [6.45, 7) is 2.27. The average molecular weight is 353 g/mol. The van der Waals surface area contributed by atoms with Crippen LogP contribution in [0.1, 0.15) is 16.1 Å². The number of nitrogens with zero attached hydrogens (tertiary/aromatic N) is 3. The molecule has 0 bridgehead atoms. The van der Waals surface area contributed by atoms with Gasteiger partial charge < -0.3 is 15.5 Å². The van der Waals surface area contributed by atoms with Gasteiger partial charge in [0.25, 0.3) is 5.91 Å². The number of fused-ring (bicyclic) bond motifs is 1. The molecule has 6 nitrogen and oxygen atoms in total. The predicted molar refractivity (Wildman–Crippen MR) is 97.8 cm³/mol. The van der Waals surface area contributed by atoms with Crippen molar-refractivity contribution in [3.63, 3.8) is 0 Å². The Hall–Kier alpha value is -2.69. The van der Waals surface area contributed by atoms with Gasteiger partial charge in [-0.1, -0.05) is 30.3 Å². The van der Waals surface area contributed by atoms with Crippen molar-refractivity contribution in [3.8, 4) is 6.07 Å². The van der Waals surface area contributed by atoms with E-state index in [0.717, 1.165) is 30.8 Å². The molecule has 0 saturated carbocycles. The lowest BCUT2D eigenvalue weighted by molar-refractivity contribution is -0.117. The molecule has 2 heterocycles. The minimum absolute atomic E-state index is 0.0289. The quantitative estimate of drug-likeness (QED) is 0.637. The fourth-order valence-electron chi connectivity index (χ4n) is 2.54. The Morgan fingerprint density at radius 1 is 1.44 bits per heavy atom. The Kier molecular flexibility index (Phi) is 5.43. The van der Waals surface area contributed by atoms with Crippen molar-refractivity contribution < 1.29 is 4.79 Å². The SMILES string of the molecule is CN1CCc2nc(N/C=C(/C#N)C(=O)NCc3ccccc3)sc2C1. The maximum atomic E-state index is 12.1. The second-order valence-corrected chi connectivity index (χ2v) is 6.94. The van der Waals surface area contributed by atoms with Crippen LogP contribution < -0.4 is 10.6 Å². The highest BCUT2D eigenvalue weighted by Crippen LogP contribution is 2.27. The molecule has 0 fully saturated rings. The first-order valence-corrected chi connectivity index (χ1v) is 8.83. The Morgan fingerprint density at radius 2 is 2.24 bits per heavy atom. The van der Waals surface area contributed by atoms with E-state index in [-0.39, 0.29) is 5.57 Å². The second kappa shape index (κ2) is 7.92. The predicted octanol–water partition coefficient (Wildman–Crippen LogP) is 2.27. The highest BCUT2D eigenvalue weighted by molar-refractivity contribution is 7.15. The molecule has 25 heavy (non-hydrogen) atoms. The molecule has 3 rings (SSSR count). The molecule has 0 unspecified atom stereocenters. The van der Waals surface area contributed by atoms with E-state index in [0.29, 0.717) is 11.7 Å². The summed E-state index contributed by atoms with van der Waals surface area (Å²) in [5.41, 5.74) is 2.12. The molecule has 0 aliphatic carbocycles. The van der Waals surface area contributed by atoms with Crippen molar-refractivity contribution in [2.75, 3.05) is 18.9 Å². The topological polar surface area (TPSA) is 81.1 Å². The standard InChI is InChI=1S/C18H19N5OS/c1-23-8-7-15-16(12-23)25-18(22-15)21-11-14(9-19)17(24)20-10-13-5-3-2-4-6-13/h2-6,11H,7-8,10,12H2,1H3,(H,20,24)(H,21,22)/b14-11-. The summed E-state index contributed by atoms with van der Waals surface area (Å²) in [5.74, 6) is -0.403. The number of nitrogens with one attached hydrogen (secondary N) is 2. The maximum absolute atomic E-state index is 12.1. The molecule has 0 atom stereocenters. The molecule has 0 saturated heterocycles. The minimum atomic E-state index is -0.403. The molecule has 1 aromatic carbocycles. The first-order chi connectivity index (χ1) is 12.2. The molecule has 1 aliphatic rings. The van der Waals surface area contributed by atoms with Crippen LogP contribution in [0.5, 0.6) is 0 Å². The highest BCUT2D eigenvalue weighted by atomic mass is 32.1. The van der Waals surface area contributed by atoms with E-state index in [1.54, 1.807) is 11.3 Å². The number of hydrogen-bond donors (Lipinski definition) is 2. The Labute approximate surface area is 150 Å². The monoisotopic (exact) mass is 353 g/mol. The van der Waals surface area contributed by atoms with Crippen LogP contribution in [0.2, 0.25) is 0 Å². The van der Waals surface area contributed by atoms with Gasteiger partial charge in [0.05, 0.1) is 5.69 Å². The van der Waals surface area contributed by atoms with E-state index in [4.69, 9.17) is 0 Å². The molecule has 128 valence electrons. The summed E-state index contributed by atoms with van der Waals surface area (Å²) in [6.07, 6.45) is 2.35. The molecule has 1 aromatic heterocycles. The lowest BCUT2D eigenvalue weighted by atomic mass is 10.2. The summed E-state index contributed by atoms with van der Waals surface area (Å²) in [6, 6.07) is 11.5. The van der Waals surface area contributed by atoms with E-state index in [1.165, 1.54) is 11.1 Å². The normalized spacial score (nSPS) is 14.5. The van der Waals surface area contributed by atoms with E-state index in [9.17, 15) is 10.1 Å². The number of nitriles is 1. The fraction of sp³-hybridized carbons (Fsp3) is 0.278. The molecule has 0 spiro atoms. The van der Waals surface area contributed by atoms with Gasteiger partial charge in [0, 0.05) is 37.1 Å². The van der Waals surface area contributed by atoms with E-state index >= 15 is 0 Å². The summed E-state index contributed by atoms with van der Waals surface area (Å²) in [7, 11) is 2.08. The smallest absolute Gasteiger partial charge is 0.263 e. The van der Waals surface area contributed by atoms with Crippen LogP contribution in [0.25, 0.3) is 0 Å². The zero-order chi connectivity index (χ0) is 17.6. The van der Waals surface area contributed by atoms with Crippen molar-refractivity contribution in [3.05, 3.63) is 58.2 Å². The number of rotatable bonds is 5. The van der Waals surface area contributed by atoms with Gasteiger partial charge in [0.1, 0.15) is 11.6 Å². The Bertz CT molecular complexity index is 822. The number of anilines is 1. The minimum Gasteiger partial charge on any atom is -0.347 e. The highest BCUT2D eigenvalue weighted by Gasteiger charge is 2.18. The number of carbonyl (C=O) groups excluding carboxylic acids is 1. The van der Waals surface area contributed by atoms with Crippen molar-refractivity contribution in [1.29, 1.82) is 5.26 Å². The molecule has 7 heteroatoms. The zero-order valence-electron chi connectivity index (χ0n) is 14.0. The fourth-order valence-corrected chi connectivity index (χ4v) is 3.60. The number of likely N-dealkylation sites (N-methyl/N-ethyl adjacent to an activating group) is 1. The Balaban J connectivity index is 1.61. The second-order valence-electron chi connectivity index (χ2n) is 5.86. The molecule has 2 N–H and O–H groups in total. The van der Waals surface area contributed by atoms with Gasteiger partial charge in [-0.25, -0.2) is 4.98 Å². The van der Waals surface area contributed by atoms with Crippen LogP contribution in [-0.4, -0.2) is 29.4 Å². The maximum Gasteiger partial charge on any atom is 0.263 e. The van der Waals surface area contributed by atoms with Crippen LogP contribution in [0.4, 0.5) is 5.13 Å². The van der Waals surface area contributed by atoms with Crippen LogP contribution in [0, 0.1) is 11.3 Å². The van der Waals surface area contributed by atoms with Crippen molar-refractivity contribution in [2.45, 2.75) is 19.5 Å². The summed E-state index contributed by atoms with van der Waals surface area (Å²) < 4.78 is 0. The number of carbonyl (C=O) groups is 1. The molecule has 1 amide bonds. The first kappa shape index (κ1) is 17.1. The van der Waals surface area contributed by atoms with Gasteiger partial charge in [-0.2, -0.15) is 5.26 Å². The first-order valence-electron chi connectivity index (χ1n) is 8.02. The molecule has 2 aromatic rings. The van der Waals surface area contributed by atoms with Crippen LogP contribution in [0.15, 0.2) is 42.1 Å². The number of amides is 1. The third-order valence-electron chi connectivity index (χ3n) is 3.92. The summed E-state index contributed by atoms with van der Waals surface area (Å²) >= 11 is 1.56. The third-order valence-corrected chi connectivity index (χ3v) is 4.94. The van der Waals surface area contributed by atoms with E-state index in [2.05, 4.69) is 27.6 Å².